The molecule has 0 saturated carbocycles. The largest absolute Gasteiger partial charge is 0.491 e. The van der Waals surface area contributed by atoms with Gasteiger partial charge in [0.25, 0.3) is 0 Å². The second-order valence-corrected chi connectivity index (χ2v) is 9.24. The lowest BCUT2D eigenvalue weighted by molar-refractivity contribution is -0.131. The van der Waals surface area contributed by atoms with Crippen LogP contribution in [0.2, 0.25) is 0 Å². The summed E-state index contributed by atoms with van der Waals surface area (Å²) in [7, 11) is 1.97. The SMILES string of the molecule is CCC(=C(c1ccc(OCC(O)CN(C)CC)cc1)c1ccc(OC(C)=O)cc1)c1ccc2c(c1)OCO2. The molecule has 0 saturated heterocycles. The lowest BCUT2D eigenvalue weighted by atomic mass is 9.88. The summed E-state index contributed by atoms with van der Waals surface area (Å²) in [5, 5.41) is 10.3. The summed E-state index contributed by atoms with van der Waals surface area (Å²) in [5.74, 6) is 2.31. The van der Waals surface area contributed by atoms with Gasteiger partial charge in [-0.15, -0.1) is 0 Å². The second kappa shape index (κ2) is 12.6. The minimum Gasteiger partial charge on any atom is -0.491 e. The van der Waals surface area contributed by atoms with Gasteiger partial charge in [0.05, 0.1) is 0 Å². The van der Waals surface area contributed by atoms with E-state index in [0.717, 1.165) is 52.3 Å². The lowest BCUT2D eigenvalue weighted by Crippen LogP contribution is -2.32. The molecule has 7 heteroatoms. The molecule has 1 aliphatic heterocycles. The van der Waals surface area contributed by atoms with E-state index in [0.29, 0.717) is 18.0 Å². The molecule has 1 heterocycles. The predicted molar refractivity (Wildman–Crippen MR) is 148 cm³/mol. The Morgan fingerprint density at radius 1 is 0.921 bits per heavy atom. The molecule has 1 aliphatic rings. The van der Waals surface area contributed by atoms with Crippen LogP contribution in [0, 0.1) is 0 Å². The Labute approximate surface area is 224 Å². The number of aliphatic hydroxyl groups excluding tert-OH is 1. The van der Waals surface area contributed by atoms with Gasteiger partial charge in [0.15, 0.2) is 11.5 Å². The molecule has 200 valence electrons. The predicted octanol–water partition coefficient (Wildman–Crippen LogP) is 5.40. The Bertz CT molecular complexity index is 1270. The van der Waals surface area contributed by atoms with Crippen molar-refractivity contribution in [2.75, 3.05) is 33.5 Å². The van der Waals surface area contributed by atoms with Crippen LogP contribution in [0.1, 0.15) is 43.9 Å². The third-order valence-corrected chi connectivity index (χ3v) is 6.43. The fourth-order valence-electron chi connectivity index (χ4n) is 4.43. The molecule has 0 fully saturated rings. The fraction of sp³-hybridized carbons (Fsp3) is 0.323. The fourth-order valence-corrected chi connectivity index (χ4v) is 4.43. The standard InChI is InChI=1S/C31H35NO6/c1-5-28(24-11-16-29-30(17-24)37-20-36-29)31(23-9-14-27(15-10-23)38-21(3)33)22-7-12-26(13-8-22)35-19-25(34)18-32(4)6-2/h7-17,25,34H,5-6,18-20H2,1-4H3. The number of esters is 1. The van der Waals surface area contributed by atoms with Gasteiger partial charge in [-0.1, -0.05) is 44.2 Å². The van der Waals surface area contributed by atoms with Crippen LogP contribution >= 0.6 is 0 Å². The second-order valence-electron chi connectivity index (χ2n) is 9.24. The summed E-state index contributed by atoms with van der Waals surface area (Å²) in [6, 6.07) is 21.4. The Hall–Kier alpha value is -3.81. The molecule has 0 bridgehead atoms. The van der Waals surface area contributed by atoms with Crippen molar-refractivity contribution < 1.29 is 28.8 Å². The molecule has 38 heavy (non-hydrogen) atoms. The number of carbonyl (C=O) groups is 1. The highest BCUT2D eigenvalue weighted by atomic mass is 16.7. The molecule has 3 aromatic carbocycles. The summed E-state index contributed by atoms with van der Waals surface area (Å²) in [5.41, 5.74) is 5.23. The summed E-state index contributed by atoms with van der Waals surface area (Å²) in [4.78, 5) is 13.4. The van der Waals surface area contributed by atoms with Crippen LogP contribution in [-0.2, 0) is 4.79 Å². The highest BCUT2D eigenvalue weighted by molar-refractivity contribution is 5.99. The first-order valence-electron chi connectivity index (χ1n) is 12.9. The average molecular weight is 518 g/mol. The minimum atomic E-state index is -0.566. The van der Waals surface area contributed by atoms with Gasteiger partial charge in [-0.25, -0.2) is 0 Å². The van der Waals surface area contributed by atoms with E-state index in [4.69, 9.17) is 18.9 Å². The number of hydrogen-bond acceptors (Lipinski definition) is 7. The maximum Gasteiger partial charge on any atom is 0.308 e. The smallest absolute Gasteiger partial charge is 0.308 e. The number of benzene rings is 3. The number of carbonyl (C=O) groups excluding carboxylic acids is 1. The molecular weight excluding hydrogens is 482 g/mol. The molecule has 0 amide bonds. The number of aliphatic hydroxyl groups is 1. The van der Waals surface area contributed by atoms with E-state index in [1.54, 1.807) is 12.1 Å². The Morgan fingerprint density at radius 3 is 2.13 bits per heavy atom. The molecule has 0 spiro atoms. The quantitative estimate of drug-likeness (QED) is 0.207. The molecule has 0 aromatic heterocycles. The van der Waals surface area contributed by atoms with Gasteiger partial charge < -0.3 is 29.0 Å². The zero-order valence-corrected chi connectivity index (χ0v) is 22.4. The van der Waals surface area contributed by atoms with Gasteiger partial charge in [-0.05, 0) is 84.2 Å². The number of ether oxygens (including phenoxy) is 4. The van der Waals surface area contributed by atoms with Crippen molar-refractivity contribution in [3.05, 3.63) is 83.4 Å². The minimum absolute atomic E-state index is 0.222. The Morgan fingerprint density at radius 2 is 1.53 bits per heavy atom. The van der Waals surface area contributed by atoms with Crippen molar-refractivity contribution in [2.45, 2.75) is 33.3 Å². The van der Waals surface area contributed by atoms with E-state index in [1.807, 2.05) is 66.5 Å². The highest BCUT2D eigenvalue weighted by Gasteiger charge is 2.18. The Balaban J connectivity index is 1.68. The van der Waals surface area contributed by atoms with E-state index in [2.05, 4.69) is 13.8 Å². The van der Waals surface area contributed by atoms with Crippen LogP contribution in [0.5, 0.6) is 23.0 Å². The van der Waals surface area contributed by atoms with Gasteiger partial charge in [0.2, 0.25) is 6.79 Å². The van der Waals surface area contributed by atoms with Crippen molar-refractivity contribution in [1.29, 1.82) is 0 Å². The van der Waals surface area contributed by atoms with E-state index in [-0.39, 0.29) is 19.4 Å². The number of rotatable bonds is 11. The Kier molecular flexibility index (Phi) is 9.05. The number of allylic oxidation sites excluding steroid dienone is 1. The van der Waals surface area contributed by atoms with Gasteiger partial charge in [0, 0.05) is 13.5 Å². The zero-order valence-electron chi connectivity index (χ0n) is 22.4. The first-order valence-corrected chi connectivity index (χ1v) is 12.9. The summed E-state index contributed by atoms with van der Waals surface area (Å²) in [6.45, 7) is 7.43. The normalized spacial score (nSPS) is 13.7. The van der Waals surface area contributed by atoms with Crippen LogP contribution in [0.4, 0.5) is 0 Å². The number of likely N-dealkylation sites (N-methyl/N-ethyl adjacent to an activating group) is 1. The van der Waals surface area contributed by atoms with Crippen LogP contribution < -0.4 is 18.9 Å². The number of hydrogen-bond donors (Lipinski definition) is 1. The molecule has 4 rings (SSSR count). The van der Waals surface area contributed by atoms with Crippen LogP contribution in [-0.4, -0.2) is 55.6 Å². The molecule has 7 nitrogen and oxygen atoms in total. The first-order chi connectivity index (χ1) is 18.4. The van der Waals surface area contributed by atoms with Gasteiger partial charge in [-0.2, -0.15) is 0 Å². The van der Waals surface area contributed by atoms with Crippen LogP contribution in [0.15, 0.2) is 66.7 Å². The first kappa shape index (κ1) is 27.2. The molecular formula is C31H35NO6. The van der Waals surface area contributed by atoms with Crippen molar-refractivity contribution in [1.82, 2.24) is 4.90 Å². The summed E-state index contributed by atoms with van der Waals surface area (Å²) >= 11 is 0. The van der Waals surface area contributed by atoms with Crippen molar-refractivity contribution in [3.8, 4) is 23.0 Å². The monoisotopic (exact) mass is 517 g/mol. The van der Waals surface area contributed by atoms with E-state index >= 15 is 0 Å². The van der Waals surface area contributed by atoms with Crippen molar-refractivity contribution in [2.24, 2.45) is 0 Å². The van der Waals surface area contributed by atoms with E-state index in [1.165, 1.54) is 6.92 Å². The third-order valence-electron chi connectivity index (χ3n) is 6.43. The highest BCUT2D eigenvalue weighted by Crippen LogP contribution is 2.40. The zero-order chi connectivity index (χ0) is 27.1. The van der Waals surface area contributed by atoms with Crippen LogP contribution in [0.3, 0.4) is 0 Å². The van der Waals surface area contributed by atoms with Crippen molar-refractivity contribution >= 4 is 17.1 Å². The lowest BCUT2D eigenvalue weighted by Gasteiger charge is -2.19. The molecule has 1 atom stereocenters. The molecule has 1 N–H and O–H groups in total. The maximum atomic E-state index is 11.4. The number of nitrogens with zero attached hydrogens (tertiary/aromatic N) is 1. The average Bonchev–Trinajstić information content (AvgIpc) is 3.39. The molecule has 3 aromatic rings. The molecule has 0 radical (unpaired) electrons. The van der Waals surface area contributed by atoms with Gasteiger partial charge in [0.1, 0.15) is 24.2 Å². The van der Waals surface area contributed by atoms with Gasteiger partial charge in [-0.3, -0.25) is 4.79 Å². The summed E-state index contributed by atoms with van der Waals surface area (Å²) in [6.07, 6.45) is 0.208. The molecule has 1 unspecified atom stereocenters. The van der Waals surface area contributed by atoms with Gasteiger partial charge >= 0.3 is 5.97 Å². The van der Waals surface area contributed by atoms with Crippen molar-refractivity contribution in [3.63, 3.8) is 0 Å². The summed E-state index contributed by atoms with van der Waals surface area (Å²) < 4.78 is 22.2. The topological polar surface area (TPSA) is 77.5 Å². The number of fused-ring (bicyclic) bond motifs is 1. The maximum absolute atomic E-state index is 11.4. The van der Waals surface area contributed by atoms with E-state index < -0.39 is 6.10 Å². The third kappa shape index (κ3) is 6.73. The van der Waals surface area contributed by atoms with E-state index in [9.17, 15) is 9.90 Å². The molecule has 0 aliphatic carbocycles. The van der Waals surface area contributed by atoms with Crippen LogP contribution in [0.25, 0.3) is 11.1 Å².